The second-order valence-electron chi connectivity index (χ2n) is 9.95. The molecule has 12 heteroatoms. The molecule has 0 saturated carbocycles. The third-order valence-corrected chi connectivity index (χ3v) is 6.39. The van der Waals surface area contributed by atoms with Crippen molar-refractivity contribution in [2.24, 2.45) is 0 Å². The first-order valence-corrected chi connectivity index (χ1v) is 12.1. The Morgan fingerprint density at radius 2 is 1.80 bits per heavy atom. The van der Waals surface area contributed by atoms with Gasteiger partial charge in [-0.15, -0.1) is 13.2 Å². The largest absolute Gasteiger partial charge is 0.573 e. The Morgan fingerprint density at radius 3 is 2.45 bits per heavy atom. The zero-order valence-corrected chi connectivity index (χ0v) is 21.6. The van der Waals surface area contributed by atoms with Crippen LogP contribution in [0.5, 0.6) is 11.5 Å². The molecule has 4 aromatic rings. The first kappa shape index (κ1) is 26.9. The van der Waals surface area contributed by atoms with Gasteiger partial charge in [-0.05, 0) is 43.3 Å². The van der Waals surface area contributed by atoms with Crippen LogP contribution < -0.4 is 20.3 Å². The Balaban J connectivity index is 1.45. The van der Waals surface area contributed by atoms with Gasteiger partial charge in [0.2, 0.25) is 0 Å². The van der Waals surface area contributed by atoms with Crippen LogP contribution in [0, 0.1) is 12.7 Å². The number of aryl methyl sites for hydroxylation is 1. The Morgan fingerprint density at radius 1 is 1.10 bits per heavy atom. The number of aromatic nitrogens is 1. The maximum atomic E-state index is 15.2. The molecule has 2 amide bonds. The van der Waals surface area contributed by atoms with Crippen LogP contribution in [-0.4, -0.2) is 29.2 Å². The van der Waals surface area contributed by atoms with Crippen molar-refractivity contribution in [3.63, 3.8) is 0 Å². The summed E-state index contributed by atoms with van der Waals surface area (Å²) in [6.45, 7) is 5.87. The van der Waals surface area contributed by atoms with Crippen LogP contribution in [0.25, 0.3) is 11.3 Å². The van der Waals surface area contributed by atoms with Gasteiger partial charge in [0.15, 0.2) is 5.76 Å². The Labute approximate surface area is 226 Å². The highest BCUT2D eigenvalue weighted by Gasteiger charge is 2.43. The number of hydrogen-bond donors (Lipinski definition) is 3. The molecule has 0 atom stereocenters. The van der Waals surface area contributed by atoms with Crippen molar-refractivity contribution in [1.29, 1.82) is 0 Å². The number of phenolic OH excluding ortho intramolecular Hbond substituents is 1. The number of hydrogen-bond acceptors (Lipinski definition) is 6. The van der Waals surface area contributed by atoms with Crippen molar-refractivity contribution in [2.75, 3.05) is 22.1 Å². The van der Waals surface area contributed by atoms with Crippen LogP contribution in [0.4, 0.5) is 45.1 Å². The summed E-state index contributed by atoms with van der Waals surface area (Å²) in [6, 6.07) is 13.5. The van der Waals surface area contributed by atoms with E-state index >= 15 is 4.39 Å². The summed E-state index contributed by atoms with van der Waals surface area (Å²) in [6.07, 6.45) is -4.83. The number of aromatic hydroxyl groups is 1. The minimum Gasteiger partial charge on any atom is -0.506 e. The molecule has 0 aliphatic carbocycles. The Kier molecular flexibility index (Phi) is 6.56. The van der Waals surface area contributed by atoms with Crippen molar-refractivity contribution >= 4 is 28.8 Å². The number of urea groups is 1. The predicted octanol–water partition coefficient (Wildman–Crippen LogP) is 7.47. The SMILES string of the molecule is Cc1cc(-c2c(F)cc(O)c3c2C(C)(C)CN3c2ccccc2NC(=O)Nc2ccc(OC(F)(F)F)cc2)on1. The number of phenols is 1. The highest BCUT2D eigenvalue weighted by atomic mass is 19.4. The molecule has 0 radical (unpaired) electrons. The van der Waals surface area contributed by atoms with Crippen LogP contribution in [-0.2, 0) is 5.41 Å². The van der Waals surface area contributed by atoms with Crippen LogP contribution in [0.2, 0.25) is 0 Å². The number of alkyl halides is 3. The number of nitrogens with one attached hydrogen (secondary N) is 2. The average Bonchev–Trinajstić information content (AvgIpc) is 3.40. The van der Waals surface area contributed by atoms with Gasteiger partial charge in [-0.2, -0.15) is 0 Å². The molecule has 208 valence electrons. The molecule has 0 unspecified atom stereocenters. The number of carbonyl (C=O) groups excluding carboxylic acids is 1. The Hall–Kier alpha value is -4.74. The van der Waals surface area contributed by atoms with Crippen molar-refractivity contribution < 1.29 is 36.7 Å². The second kappa shape index (κ2) is 9.78. The van der Waals surface area contributed by atoms with Crippen LogP contribution >= 0.6 is 0 Å². The highest BCUT2D eigenvalue weighted by molar-refractivity contribution is 6.03. The number of para-hydroxylation sites is 2. The molecular formula is C28H24F4N4O4. The van der Waals surface area contributed by atoms with Crippen molar-refractivity contribution in [1.82, 2.24) is 5.16 Å². The zero-order chi connectivity index (χ0) is 28.8. The number of halogens is 4. The van der Waals surface area contributed by atoms with Crippen LogP contribution in [0.15, 0.2) is 65.2 Å². The molecule has 1 aromatic heterocycles. The molecule has 0 bridgehead atoms. The number of fused-ring (bicyclic) bond motifs is 1. The third kappa shape index (κ3) is 5.24. The number of amides is 2. The van der Waals surface area contributed by atoms with Crippen molar-refractivity contribution in [3.05, 3.63) is 77.7 Å². The molecule has 8 nitrogen and oxygen atoms in total. The number of carbonyl (C=O) groups is 1. The molecule has 0 spiro atoms. The molecular weight excluding hydrogens is 532 g/mol. The second-order valence-corrected chi connectivity index (χ2v) is 9.95. The molecule has 1 aliphatic rings. The van der Waals surface area contributed by atoms with Gasteiger partial charge in [0.05, 0.1) is 28.3 Å². The minimum absolute atomic E-state index is 0.196. The summed E-state index contributed by atoms with van der Waals surface area (Å²) in [7, 11) is 0. The van der Waals surface area contributed by atoms with E-state index in [-0.39, 0.29) is 22.8 Å². The van der Waals surface area contributed by atoms with Gasteiger partial charge < -0.3 is 29.9 Å². The van der Waals surface area contributed by atoms with Gasteiger partial charge in [-0.1, -0.05) is 31.1 Å². The summed E-state index contributed by atoms with van der Waals surface area (Å²) in [4.78, 5) is 14.6. The molecule has 3 N–H and O–H groups in total. The topological polar surface area (TPSA) is 99.9 Å². The normalized spacial score (nSPS) is 14.1. The maximum Gasteiger partial charge on any atom is 0.573 e. The fourth-order valence-corrected chi connectivity index (χ4v) is 4.88. The Bertz CT molecular complexity index is 1580. The van der Waals surface area contributed by atoms with E-state index < -0.39 is 29.4 Å². The van der Waals surface area contributed by atoms with Crippen molar-refractivity contribution in [2.45, 2.75) is 32.5 Å². The molecule has 2 heterocycles. The predicted molar refractivity (Wildman–Crippen MR) is 141 cm³/mol. The maximum absolute atomic E-state index is 15.2. The molecule has 3 aromatic carbocycles. The van der Waals surface area contributed by atoms with E-state index in [1.165, 1.54) is 12.1 Å². The standard InChI is InChI=1S/C28H24F4N4O4/c1-15-12-22(40-35-15)23-18(29)13-21(37)25-24(23)27(2,3)14-36(25)20-7-5-4-6-19(20)34-26(38)33-16-8-10-17(11-9-16)39-28(30,31)32/h4-13,37H,14H2,1-3H3,(H2,33,34,38). The monoisotopic (exact) mass is 556 g/mol. The molecule has 0 fully saturated rings. The smallest absolute Gasteiger partial charge is 0.506 e. The summed E-state index contributed by atoms with van der Waals surface area (Å²) < 4.78 is 61.7. The van der Waals surface area contributed by atoms with Gasteiger partial charge in [0, 0.05) is 35.3 Å². The van der Waals surface area contributed by atoms with Gasteiger partial charge in [-0.25, -0.2) is 9.18 Å². The van der Waals surface area contributed by atoms with Gasteiger partial charge in [0.1, 0.15) is 17.3 Å². The zero-order valence-electron chi connectivity index (χ0n) is 21.6. The number of anilines is 4. The molecule has 40 heavy (non-hydrogen) atoms. The molecule has 0 saturated heterocycles. The lowest BCUT2D eigenvalue weighted by Gasteiger charge is -2.25. The van der Waals surface area contributed by atoms with E-state index in [0.717, 1.165) is 18.2 Å². The number of rotatable bonds is 5. The van der Waals surface area contributed by atoms with E-state index in [0.29, 0.717) is 34.9 Å². The summed E-state index contributed by atoms with van der Waals surface area (Å²) in [5.74, 6) is -1.12. The molecule has 5 rings (SSSR count). The van der Waals surface area contributed by atoms with Crippen LogP contribution in [0.1, 0.15) is 25.1 Å². The van der Waals surface area contributed by atoms with Crippen molar-refractivity contribution in [3.8, 4) is 22.8 Å². The average molecular weight is 557 g/mol. The summed E-state index contributed by atoms with van der Waals surface area (Å²) in [5.41, 5.74) is 2.15. The minimum atomic E-state index is -4.83. The number of benzene rings is 3. The number of ether oxygens (including phenoxy) is 1. The molecule has 1 aliphatic heterocycles. The first-order valence-electron chi connectivity index (χ1n) is 12.1. The lowest BCUT2D eigenvalue weighted by atomic mass is 9.82. The van der Waals surface area contributed by atoms with E-state index in [1.54, 1.807) is 42.2 Å². The van der Waals surface area contributed by atoms with Gasteiger partial charge in [0.25, 0.3) is 0 Å². The van der Waals surface area contributed by atoms with E-state index in [9.17, 15) is 23.1 Å². The first-order chi connectivity index (χ1) is 18.8. The van der Waals surface area contributed by atoms with Crippen LogP contribution in [0.3, 0.4) is 0 Å². The van der Waals surface area contributed by atoms with Gasteiger partial charge >= 0.3 is 12.4 Å². The fraction of sp³-hybridized carbons (Fsp3) is 0.214. The quantitative estimate of drug-likeness (QED) is 0.221. The highest BCUT2D eigenvalue weighted by Crippen LogP contribution is 2.54. The fourth-order valence-electron chi connectivity index (χ4n) is 4.88. The van der Waals surface area contributed by atoms with E-state index in [1.807, 2.05) is 13.8 Å². The summed E-state index contributed by atoms with van der Waals surface area (Å²) >= 11 is 0. The van der Waals surface area contributed by atoms with E-state index in [2.05, 4.69) is 20.5 Å². The summed E-state index contributed by atoms with van der Waals surface area (Å²) in [5, 5.41) is 20.1. The number of nitrogens with zero attached hydrogens (tertiary/aromatic N) is 2. The lowest BCUT2D eigenvalue weighted by molar-refractivity contribution is -0.274. The van der Waals surface area contributed by atoms with Gasteiger partial charge in [-0.3, -0.25) is 0 Å². The lowest BCUT2D eigenvalue weighted by Crippen LogP contribution is -2.27. The third-order valence-electron chi connectivity index (χ3n) is 6.39. The van der Waals surface area contributed by atoms with E-state index in [4.69, 9.17) is 4.52 Å².